The molecule has 1 nitrogen and oxygen atoms in total. The van der Waals surface area contributed by atoms with E-state index in [9.17, 15) is 13.2 Å². The van der Waals surface area contributed by atoms with Crippen molar-refractivity contribution in [2.24, 2.45) is 0 Å². The standard InChI is InChI=1S/C17H16F3N/c1-11-2-3-14-10-13(6-9-16(14)21-11)12-4-7-15(8-5-12)17(18,19)20/h4-11,21H,2-3H2,1H3. The highest BCUT2D eigenvalue weighted by atomic mass is 19.4. The molecular weight excluding hydrogens is 275 g/mol. The van der Waals surface area contributed by atoms with Crippen molar-refractivity contribution in [2.75, 3.05) is 5.32 Å². The Bertz CT molecular complexity index is 644. The highest BCUT2D eigenvalue weighted by Gasteiger charge is 2.30. The van der Waals surface area contributed by atoms with Gasteiger partial charge < -0.3 is 5.32 Å². The number of benzene rings is 2. The molecule has 1 unspecified atom stereocenters. The lowest BCUT2D eigenvalue weighted by molar-refractivity contribution is -0.137. The second-order valence-electron chi connectivity index (χ2n) is 5.53. The van der Waals surface area contributed by atoms with Gasteiger partial charge in [-0.3, -0.25) is 0 Å². The largest absolute Gasteiger partial charge is 0.416 e. The number of hydrogen-bond acceptors (Lipinski definition) is 1. The van der Waals surface area contributed by atoms with Gasteiger partial charge in [0.2, 0.25) is 0 Å². The summed E-state index contributed by atoms with van der Waals surface area (Å²) in [7, 11) is 0. The van der Waals surface area contributed by atoms with Crippen molar-refractivity contribution in [1.82, 2.24) is 0 Å². The molecule has 2 aromatic carbocycles. The van der Waals surface area contributed by atoms with Crippen molar-refractivity contribution < 1.29 is 13.2 Å². The van der Waals surface area contributed by atoms with E-state index >= 15 is 0 Å². The number of anilines is 1. The lowest BCUT2D eigenvalue weighted by Gasteiger charge is -2.24. The Morgan fingerprint density at radius 3 is 2.33 bits per heavy atom. The van der Waals surface area contributed by atoms with E-state index in [0.717, 1.165) is 41.8 Å². The molecule has 0 aliphatic carbocycles. The molecule has 1 atom stereocenters. The van der Waals surface area contributed by atoms with Gasteiger partial charge >= 0.3 is 6.18 Å². The molecule has 21 heavy (non-hydrogen) atoms. The van der Waals surface area contributed by atoms with Crippen LogP contribution in [0.5, 0.6) is 0 Å². The highest BCUT2D eigenvalue weighted by molar-refractivity contribution is 5.69. The number of alkyl halides is 3. The number of halogens is 3. The third-order valence-electron chi connectivity index (χ3n) is 3.90. The Balaban J connectivity index is 1.91. The predicted octanol–water partition coefficient (Wildman–Crippen LogP) is 5.12. The van der Waals surface area contributed by atoms with E-state index in [1.54, 1.807) is 0 Å². The molecule has 0 amide bonds. The van der Waals surface area contributed by atoms with Crippen LogP contribution in [-0.2, 0) is 12.6 Å². The quantitative estimate of drug-likeness (QED) is 0.769. The second-order valence-corrected chi connectivity index (χ2v) is 5.53. The summed E-state index contributed by atoms with van der Waals surface area (Å²) >= 11 is 0. The van der Waals surface area contributed by atoms with E-state index in [0.29, 0.717) is 6.04 Å². The molecule has 1 aliphatic heterocycles. The molecule has 2 aromatic rings. The van der Waals surface area contributed by atoms with E-state index < -0.39 is 11.7 Å². The fraction of sp³-hybridized carbons (Fsp3) is 0.294. The van der Waals surface area contributed by atoms with E-state index in [2.05, 4.69) is 18.3 Å². The van der Waals surface area contributed by atoms with Crippen molar-refractivity contribution in [3.05, 3.63) is 53.6 Å². The third-order valence-corrected chi connectivity index (χ3v) is 3.90. The zero-order valence-corrected chi connectivity index (χ0v) is 11.7. The normalized spacial score (nSPS) is 18.0. The van der Waals surface area contributed by atoms with Crippen LogP contribution in [0.3, 0.4) is 0 Å². The van der Waals surface area contributed by atoms with Gasteiger partial charge in [-0.25, -0.2) is 0 Å². The van der Waals surface area contributed by atoms with E-state index in [4.69, 9.17) is 0 Å². The number of rotatable bonds is 1. The second kappa shape index (κ2) is 5.10. The first kappa shape index (κ1) is 14.0. The Hall–Kier alpha value is -1.97. The van der Waals surface area contributed by atoms with Gasteiger partial charge in [0.25, 0.3) is 0 Å². The summed E-state index contributed by atoms with van der Waals surface area (Å²) in [6.07, 6.45) is -2.21. The average Bonchev–Trinajstić information content (AvgIpc) is 2.46. The molecule has 0 saturated carbocycles. The maximum absolute atomic E-state index is 12.6. The van der Waals surface area contributed by atoms with Crippen LogP contribution >= 0.6 is 0 Å². The minimum absolute atomic E-state index is 0.467. The molecule has 3 rings (SSSR count). The van der Waals surface area contributed by atoms with Crippen molar-refractivity contribution in [2.45, 2.75) is 32.0 Å². The predicted molar refractivity (Wildman–Crippen MR) is 78.3 cm³/mol. The van der Waals surface area contributed by atoms with Gasteiger partial charge in [-0.05, 0) is 60.7 Å². The minimum atomic E-state index is -4.28. The summed E-state index contributed by atoms with van der Waals surface area (Å²) in [5.74, 6) is 0. The summed E-state index contributed by atoms with van der Waals surface area (Å²) in [6.45, 7) is 2.15. The van der Waals surface area contributed by atoms with Crippen molar-refractivity contribution in [3.63, 3.8) is 0 Å². The zero-order valence-electron chi connectivity index (χ0n) is 11.7. The Morgan fingerprint density at radius 1 is 1.00 bits per heavy atom. The smallest absolute Gasteiger partial charge is 0.382 e. The number of fused-ring (bicyclic) bond motifs is 1. The fourth-order valence-corrected chi connectivity index (χ4v) is 2.68. The van der Waals surface area contributed by atoms with Crippen LogP contribution < -0.4 is 5.32 Å². The van der Waals surface area contributed by atoms with Crippen LogP contribution in [0.1, 0.15) is 24.5 Å². The van der Waals surface area contributed by atoms with E-state index in [1.165, 1.54) is 17.7 Å². The highest BCUT2D eigenvalue weighted by Crippen LogP contribution is 2.33. The molecule has 110 valence electrons. The molecule has 0 spiro atoms. The molecule has 0 radical (unpaired) electrons. The van der Waals surface area contributed by atoms with E-state index in [1.807, 2.05) is 12.1 Å². The van der Waals surface area contributed by atoms with Crippen LogP contribution in [0.4, 0.5) is 18.9 Å². The SMILES string of the molecule is CC1CCc2cc(-c3ccc(C(F)(F)F)cc3)ccc2N1. The molecule has 4 heteroatoms. The van der Waals surface area contributed by atoms with Gasteiger partial charge in [0, 0.05) is 11.7 Å². The zero-order chi connectivity index (χ0) is 15.0. The van der Waals surface area contributed by atoms with Crippen LogP contribution in [0.2, 0.25) is 0 Å². The molecule has 1 N–H and O–H groups in total. The first-order valence-corrected chi connectivity index (χ1v) is 7.00. The Kier molecular flexibility index (Phi) is 3.40. The van der Waals surface area contributed by atoms with Gasteiger partial charge in [-0.15, -0.1) is 0 Å². The van der Waals surface area contributed by atoms with Crippen molar-refractivity contribution >= 4 is 5.69 Å². The molecule has 0 fully saturated rings. The van der Waals surface area contributed by atoms with E-state index in [-0.39, 0.29) is 0 Å². The maximum Gasteiger partial charge on any atom is 0.416 e. The summed E-state index contributed by atoms with van der Waals surface area (Å²) in [6, 6.07) is 11.8. The van der Waals surface area contributed by atoms with Crippen LogP contribution in [0.15, 0.2) is 42.5 Å². The molecule has 1 aliphatic rings. The molecule has 0 bridgehead atoms. The van der Waals surface area contributed by atoms with Crippen LogP contribution in [-0.4, -0.2) is 6.04 Å². The van der Waals surface area contributed by atoms with Gasteiger partial charge in [0.1, 0.15) is 0 Å². The van der Waals surface area contributed by atoms with Crippen LogP contribution in [0.25, 0.3) is 11.1 Å². The van der Waals surface area contributed by atoms with Crippen molar-refractivity contribution in [1.29, 1.82) is 0 Å². The summed E-state index contributed by atoms with van der Waals surface area (Å²) < 4.78 is 37.7. The van der Waals surface area contributed by atoms with Crippen LogP contribution in [0, 0.1) is 0 Å². The number of aryl methyl sites for hydroxylation is 1. The fourth-order valence-electron chi connectivity index (χ4n) is 2.68. The van der Waals surface area contributed by atoms with Gasteiger partial charge in [0.15, 0.2) is 0 Å². The molecular formula is C17H16F3N. The summed E-state index contributed by atoms with van der Waals surface area (Å²) in [5.41, 5.74) is 3.51. The third kappa shape index (κ3) is 2.89. The van der Waals surface area contributed by atoms with Gasteiger partial charge in [0.05, 0.1) is 5.56 Å². The lowest BCUT2D eigenvalue weighted by Crippen LogP contribution is -2.21. The Morgan fingerprint density at radius 2 is 1.67 bits per heavy atom. The molecule has 0 saturated heterocycles. The topological polar surface area (TPSA) is 12.0 Å². The summed E-state index contributed by atoms with van der Waals surface area (Å²) in [5, 5.41) is 3.42. The van der Waals surface area contributed by atoms with Gasteiger partial charge in [-0.1, -0.05) is 18.2 Å². The van der Waals surface area contributed by atoms with Gasteiger partial charge in [-0.2, -0.15) is 13.2 Å². The molecule has 0 aromatic heterocycles. The number of hydrogen-bond donors (Lipinski definition) is 1. The Labute approximate surface area is 121 Å². The summed E-state index contributed by atoms with van der Waals surface area (Å²) in [4.78, 5) is 0. The first-order chi connectivity index (χ1) is 9.93. The molecule has 1 heterocycles. The van der Waals surface area contributed by atoms with Crippen molar-refractivity contribution in [3.8, 4) is 11.1 Å². The first-order valence-electron chi connectivity index (χ1n) is 7.00. The minimum Gasteiger partial charge on any atom is -0.382 e. The maximum atomic E-state index is 12.6. The number of nitrogens with one attached hydrogen (secondary N) is 1. The average molecular weight is 291 g/mol. The lowest BCUT2D eigenvalue weighted by atomic mass is 9.94. The monoisotopic (exact) mass is 291 g/mol.